The number of pyridine rings is 1. The van der Waals surface area contributed by atoms with Crippen LogP contribution >= 0.6 is 11.9 Å². The summed E-state index contributed by atoms with van der Waals surface area (Å²) < 4.78 is 55.7. The van der Waals surface area contributed by atoms with Gasteiger partial charge in [0, 0.05) is 42.9 Å². The van der Waals surface area contributed by atoms with Gasteiger partial charge < -0.3 is 24.2 Å². The first-order valence-corrected chi connectivity index (χ1v) is 16.9. The van der Waals surface area contributed by atoms with Crippen LogP contribution in [0.1, 0.15) is 45.1 Å². The van der Waals surface area contributed by atoms with E-state index in [0.29, 0.717) is 41.3 Å². The molecular weight excluding hydrogens is 659 g/mol. The first-order chi connectivity index (χ1) is 23.4. The maximum absolute atomic E-state index is 13.4. The van der Waals surface area contributed by atoms with E-state index >= 15 is 0 Å². The molecule has 6 rings (SSSR count). The fourth-order valence-corrected chi connectivity index (χ4v) is 6.17. The average molecular weight is 698 g/mol. The summed E-state index contributed by atoms with van der Waals surface area (Å²) in [5.74, 6) is 0.720. The zero-order valence-corrected chi connectivity index (χ0v) is 28.1. The number of hydrogen-bond acceptors (Lipinski definition) is 10. The second-order valence-electron chi connectivity index (χ2n) is 13.1. The highest BCUT2D eigenvalue weighted by atomic mass is 32.2. The van der Waals surface area contributed by atoms with E-state index in [2.05, 4.69) is 15.9 Å². The number of ether oxygens (including phenoxy) is 2. The number of aryl methyl sites for hydroxylation is 1. The number of hydrogen-bond donors (Lipinski definition) is 2. The second-order valence-corrected chi connectivity index (χ2v) is 13.9. The molecule has 11 nitrogen and oxygen atoms in total. The van der Waals surface area contributed by atoms with Crippen LogP contribution in [0.25, 0.3) is 17.1 Å². The smallest absolute Gasteiger partial charge is 0.397 e. The number of aliphatic carboxylic acids is 1. The predicted molar refractivity (Wildman–Crippen MR) is 179 cm³/mol. The molecule has 1 saturated heterocycles. The first-order valence-electron chi connectivity index (χ1n) is 16.1. The minimum absolute atomic E-state index is 0.0424. The Morgan fingerprint density at radius 1 is 1.06 bits per heavy atom. The zero-order valence-electron chi connectivity index (χ0n) is 27.2. The monoisotopic (exact) mass is 697 g/mol. The van der Waals surface area contributed by atoms with Gasteiger partial charge in [0.25, 0.3) is 0 Å². The third-order valence-corrected chi connectivity index (χ3v) is 9.52. The molecule has 1 fully saturated rings. The van der Waals surface area contributed by atoms with Crippen LogP contribution in [0.5, 0.6) is 5.88 Å². The van der Waals surface area contributed by atoms with E-state index in [1.165, 1.54) is 22.7 Å². The van der Waals surface area contributed by atoms with Gasteiger partial charge in [-0.25, -0.2) is 19.6 Å². The summed E-state index contributed by atoms with van der Waals surface area (Å²) in [5, 5.41) is 15.0. The molecule has 0 amide bonds. The quantitative estimate of drug-likeness (QED) is 0.197. The van der Waals surface area contributed by atoms with Crippen LogP contribution in [0.2, 0.25) is 0 Å². The Bertz CT molecular complexity index is 1780. The highest BCUT2D eigenvalue weighted by Gasteiger charge is 2.48. The molecule has 0 atom stereocenters. The number of nitrogens with one attached hydrogen (secondary N) is 1. The van der Waals surface area contributed by atoms with Gasteiger partial charge >= 0.3 is 12.1 Å². The molecule has 2 N–H and O–H groups in total. The van der Waals surface area contributed by atoms with E-state index in [4.69, 9.17) is 24.4 Å². The molecular formula is C34H38F3N7O4S. The van der Waals surface area contributed by atoms with Crippen molar-refractivity contribution in [2.75, 3.05) is 42.5 Å². The number of anilines is 2. The Kier molecular flexibility index (Phi) is 10.0. The van der Waals surface area contributed by atoms with Gasteiger partial charge in [-0.3, -0.25) is 4.79 Å². The number of aromatic nitrogens is 5. The number of nitrogens with zero attached hydrogens (tertiary/aromatic N) is 6. The van der Waals surface area contributed by atoms with E-state index in [-0.39, 0.29) is 19.1 Å². The summed E-state index contributed by atoms with van der Waals surface area (Å²) in [6, 6.07) is 15.1. The van der Waals surface area contributed by atoms with Crippen LogP contribution in [-0.4, -0.2) is 74.9 Å². The summed E-state index contributed by atoms with van der Waals surface area (Å²) in [7, 11) is 0. The Hall–Kier alpha value is -4.37. The van der Waals surface area contributed by atoms with Crippen LogP contribution in [0, 0.1) is 10.8 Å². The molecule has 0 spiro atoms. The summed E-state index contributed by atoms with van der Waals surface area (Å²) >= 11 is 1.25. The molecule has 0 aliphatic carbocycles. The highest BCUT2D eigenvalue weighted by molar-refractivity contribution is 8.00. The molecule has 2 aliphatic rings. The molecule has 0 radical (unpaired) electrons. The van der Waals surface area contributed by atoms with Crippen LogP contribution in [0.4, 0.5) is 24.8 Å². The summed E-state index contributed by atoms with van der Waals surface area (Å²) in [4.78, 5) is 28.7. The average Bonchev–Trinajstić information content (AvgIpc) is 3.53. The Labute approximate surface area is 286 Å². The fraction of sp³-hybridized carbons (Fsp3) is 0.441. The van der Waals surface area contributed by atoms with E-state index in [9.17, 15) is 23.1 Å². The molecule has 49 heavy (non-hydrogen) atoms. The van der Waals surface area contributed by atoms with E-state index < -0.39 is 29.6 Å². The van der Waals surface area contributed by atoms with Crippen LogP contribution in [0.15, 0.2) is 66.0 Å². The summed E-state index contributed by atoms with van der Waals surface area (Å²) in [6.45, 7) is 2.90. The lowest BCUT2D eigenvalue weighted by Crippen LogP contribution is -2.56. The molecule has 0 saturated carbocycles. The van der Waals surface area contributed by atoms with Crippen LogP contribution in [-0.2, 0) is 16.0 Å². The maximum atomic E-state index is 13.4. The number of carboxylic acid groups (broad SMARTS) is 1. The van der Waals surface area contributed by atoms with Gasteiger partial charge in [-0.2, -0.15) is 13.2 Å². The normalized spacial score (nSPS) is 16.9. The van der Waals surface area contributed by atoms with Crippen LogP contribution < -0.4 is 14.4 Å². The van der Waals surface area contributed by atoms with Crippen molar-refractivity contribution in [1.29, 1.82) is 0 Å². The second kappa shape index (κ2) is 14.2. The third-order valence-electron chi connectivity index (χ3n) is 8.78. The third kappa shape index (κ3) is 7.77. The standard InChI is InChI=1S/C34H38F3N7O4S/c1-32(2,34(35,36)37)20-48-27-15-17-44(41-27)30-29-24-12-7-6-11-23(24)10-5-3-4-8-16-43(19-33(31(45)46)21-47-22-33)26-13-9-14-28(40-26)49-42-25(39-29)18-38-30/h6-7,9,11-15,17-18H,3-5,8,10,16,19-22H2,1-2H3,(H,39,42)(H,45,46). The largest absolute Gasteiger partial charge is 0.481 e. The topological polar surface area (TPSA) is 128 Å². The number of rotatable bonds is 7. The van der Waals surface area contributed by atoms with E-state index in [0.717, 1.165) is 57.1 Å². The van der Waals surface area contributed by atoms with Crippen molar-refractivity contribution >= 4 is 29.6 Å². The summed E-state index contributed by atoms with van der Waals surface area (Å²) in [5.41, 5.74) is -0.520. The lowest BCUT2D eigenvalue weighted by Gasteiger charge is -2.41. The number of alkyl halides is 3. The van der Waals surface area contributed by atoms with Gasteiger partial charge in [-0.15, -0.1) is 5.10 Å². The van der Waals surface area contributed by atoms with Crippen molar-refractivity contribution in [3.63, 3.8) is 0 Å². The van der Waals surface area contributed by atoms with Gasteiger partial charge in [0.05, 0.1) is 24.8 Å². The van der Waals surface area contributed by atoms with Crippen molar-refractivity contribution in [3.05, 3.63) is 66.5 Å². The lowest BCUT2D eigenvalue weighted by molar-refractivity contribution is -0.219. The van der Waals surface area contributed by atoms with Crippen LogP contribution in [0.3, 0.4) is 0 Å². The molecule has 4 bridgehead atoms. The fourth-order valence-electron chi connectivity index (χ4n) is 5.57. The van der Waals surface area contributed by atoms with Gasteiger partial charge in [0.2, 0.25) is 5.88 Å². The number of fused-ring (bicyclic) bond motifs is 6. The lowest BCUT2D eigenvalue weighted by atomic mass is 9.85. The minimum Gasteiger partial charge on any atom is -0.481 e. The minimum atomic E-state index is -4.43. The first kappa shape index (κ1) is 34.5. The van der Waals surface area contributed by atoms with E-state index in [1.807, 2.05) is 41.3 Å². The molecule has 3 aromatic heterocycles. The van der Waals surface area contributed by atoms with Gasteiger partial charge in [-0.1, -0.05) is 43.2 Å². The van der Waals surface area contributed by atoms with Crippen molar-refractivity contribution < 1.29 is 32.5 Å². The number of carboxylic acids is 1. The molecule has 0 unspecified atom stereocenters. The Balaban J connectivity index is 1.30. The molecule has 15 heteroatoms. The highest BCUT2D eigenvalue weighted by Crippen LogP contribution is 2.38. The van der Waals surface area contributed by atoms with Gasteiger partial charge in [0.15, 0.2) is 11.6 Å². The van der Waals surface area contributed by atoms with Gasteiger partial charge in [0.1, 0.15) is 28.6 Å². The molecule has 2 aliphatic heterocycles. The Morgan fingerprint density at radius 2 is 1.86 bits per heavy atom. The number of carbonyl (C=O) groups is 1. The van der Waals surface area contributed by atoms with E-state index in [1.54, 1.807) is 12.4 Å². The zero-order chi connectivity index (χ0) is 34.6. The maximum Gasteiger partial charge on any atom is 0.397 e. The van der Waals surface area contributed by atoms with Crippen molar-refractivity contribution in [3.8, 4) is 23.0 Å². The molecule has 260 valence electrons. The Morgan fingerprint density at radius 3 is 2.61 bits per heavy atom. The summed E-state index contributed by atoms with van der Waals surface area (Å²) in [6.07, 6.45) is 3.21. The number of halogens is 3. The number of benzene rings is 1. The van der Waals surface area contributed by atoms with Crippen molar-refractivity contribution in [1.82, 2.24) is 24.7 Å². The molecule has 5 heterocycles. The predicted octanol–water partition coefficient (Wildman–Crippen LogP) is 6.83. The van der Waals surface area contributed by atoms with Crippen molar-refractivity contribution in [2.24, 2.45) is 10.8 Å². The SMILES string of the molecule is CC(C)(COc1ccn(-c2ncc3nc2-c2ccccc2CCCCCCN(CC2(C(=O)O)COC2)c2cccc(n2)SN3)n1)C(F)(F)F. The van der Waals surface area contributed by atoms with Crippen molar-refractivity contribution in [2.45, 2.75) is 57.2 Å². The molecule has 4 aromatic rings. The molecule has 1 aromatic carbocycles. The van der Waals surface area contributed by atoms with Gasteiger partial charge in [-0.05, 0) is 50.8 Å².